The molecule has 2 rings (SSSR count). The van der Waals surface area contributed by atoms with Gasteiger partial charge in [0.05, 0.1) is 0 Å². The van der Waals surface area contributed by atoms with Crippen LogP contribution in [0.1, 0.15) is 36.5 Å². The minimum Gasteiger partial charge on any atom is -0.483 e. The van der Waals surface area contributed by atoms with E-state index in [0.717, 1.165) is 11.1 Å². The van der Waals surface area contributed by atoms with Gasteiger partial charge in [0.1, 0.15) is 12.3 Å². The van der Waals surface area contributed by atoms with Crippen LogP contribution in [0, 0.1) is 19.3 Å². The summed E-state index contributed by atoms with van der Waals surface area (Å²) < 4.78 is 5.85. The second-order valence-corrected chi connectivity index (χ2v) is 7.34. The normalized spacial score (nSPS) is 10.4. The second-order valence-electron chi connectivity index (χ2n) is 6.93. The highest BCUT2D eigenvalue weighted by atomic mass is 35.5. The Morgan fingerprint density at radius 2 is 2.00 bits per heavy atom. The van der Waals surface area contributed by atoms with Crippen LogP contribution in [-0.4, -0.2) is 32.0 Å². The molecule has 0 aromatic heterocycles. The van der Waals surface area contributed by atoms with E-state index in [0.29, 0.717) is 22.0 Å². The van der Waals surface area contributed by atoms with Crippen LogP contribution in [0.4, 0.5) is 5.69 Å². The smallest absolute Gasteiger partial charge is 0.265 e. The number of anilines is 1. The quantitative estimate of drug-likeness (QED) is 0.701. The van der Waals surface area contributed by atoms with Crippen molar-refractivity contribution >= 4 is 29.1 Å². The lowest BCUT2D eigenvalue weighted by atomic mass is 10.0. The highest BCUT2D eigenvalue weighted by molar-refractivity contribution is 6.31. The van der Waals surface area contributed by atoms with E-state index in [1.165, 1.54) is 11.9 Å². The third kappa shape index (κ3) is 5.75. The van der Waals surface area contributed by atoms with Gasteiger partial charge in [0, 0.05) is 23.3 Å². The van der Waals surface area contributed by atoms with Gasteiger partial charge in [-0.05, 0) is 54.3 Å². The summed E-state index contributed by atoms with van der Waals surface area (Å²) in [6.45, 7) is 5.57. The van der Waals surface area contributed by atoms with Gasteiger partial charge < -0.3 is 15.0 Å². The van der Waals surface area contributed by atoms with E-state index in [-0.39, 0.29) is 30.9 Å². The number of nitrogens with zero attached hydrogens (tertiary/aromatic N) is 1. The van der Waals surface area contributed by atoms with Gasteiger partial charge in [-0.25, -0.2) is 0 Å². The lowest BCUT2D eigenvalue weighted by molar-refractivity contribution is -0.124. The molecule has 6 heteroatoms. The standard InChI is InChI=1S/C23H25ClN2O3/c1-6-17-8-7-9-18(11-17)26(13-22(27)25-5)23(28)14-29-21-10-16(4)20(24)12-19(21)15(2)3/h1,7-12,15H,13-14H2,2-5H3,(H,25,27). The third-order valence-electron chi connectivity index (χ3n) is 4.47. The number of benzene rings is 2. The Morgan fingerprint density at radius 3 is 2.62 bits per heavy atom. The van der Waals surface area contributed by atoms with Crippen molar-refractivity contribution in [1.29, 1.82) is 0 Å². The van der Waals surface area contributed by atoms with Crippen molar-refractivity contribution < 1.29 is 14.3 Å². The number of amides is 2. The van der Waals surface area contributed by atoms with Gasteiger partial charge in [-0.3, -0.25) is 9.59 Å². The predicted octanol–water partition coefficient (Wildman–Crippen LogP) is 3.91. The molecule has 0 unspecified atom stereocenters. The largest absolute Gasteiger partial charge is 0.483 e. The molecule has 2 amide bonds. The number of halogens is 1. The van der Waals surface area contributed by atoms with E-state index in [1.54, 1.807) is 24.3 Å². The lowest BCUT2D eigenvalue weighted by Crippen LogP contribution is -2.42. The highest BCUT2D eigenvalue weighted by Crippen LogP contribution is 2.32. The Morgan fingerprint density at radius 1 is 1.28 bits per heavy atom. The summed E-state index contributed by atoms with van der Waals surface area (Å²) in [5.41, 5.74) is 2.94. The van der Waals surface area contributed by atoms with Crippen molar-refractivity contribution in [3.63, 3.8) is 0 Å². The number of nitrogens with one attached hydrogen (secondary N) is 1. The maximum Gasteiger partial charge on any atom is 0.265 e. The van der Waals surface area contributed by atoms with Crippen molar-refractivity contribution in [1.82, 2.24) is 5.32 Å². The fourth-order valence-electron chi connectivity index (χ4n) is 2.77. The first-order valence-electron chi connectivity index (χ1n) is 9.27. The fourth-order valence-corrected chi connectivity index (χ4v) is 2.95. The summed E-state index contributed by atoms with van der Waals surface area (Å²) >= 11 is 6.23. The van der Waals surface area contributed by atoms with E-state index >= 15 is 0 Å². The Balaban J connectivity index is 2.28. The molecule has 5 nitrogen and oxygen atoms in total. The SMILES string of the molecule is C#Cc1cccc(N(CC(=O)NC)C(=O)COc2cc(C)c(Cl)cc2C(C)C)c1. The number of hydrogen-bond donors (Lipinski definition) is 1. The molecule has 2 aromatic rings. The Labute approximate surface area is 177 Å². The average Bonchev–Trinajstić information content (AvgIpc) is 2.71. The van der Waals surface area contributed by atoms with Crippen LogP contribution in [0.5, 0.6) is 5.75 Å². The van der Waals surface area contributed by atoms with Crippen LogP contribution in [0.2, 0.25) is 5.02 Å². The second kappa shape index (κ2) is 9.99. The zero-order valence-electron chi connectivity index (χ0n) is 17.1. The molecule has 0 radical (unpaired) electrons. The Hall–Kier alpha value is -2.97. The first-order chi connectivity index (χ1) is 13.8. The summed E-state index contributed by atoms with van der Waals surface area (Å²) in [5, 5.41) is 3.18. The van der Waals surface area contributed by atoms with E-state index in [9.17, 15) is 9.59 Å². The van der Waals surface area contributed by atoms with E-state index in [2.05, 4.69) is 11.2 Å². The van der Waals surface area contributed by atoms with Crippen LogP contribution < -0.4 is 15.0 Å². The Kier molecular flexibility index (Phi) is 7.69. The maximum atomic E-state index is 12.9. The minimum atomic E-state index is -0.356. The monoisotopic (exact) mass is 412 g/mol. The number of likely N-dealkylation sites (N-methyl/N-ethyl adjacent to an activating group) is 1. The van der Waals surface area contributed by atoms with Crippen molar-refractivity contribution in [3.8, 4) is 18.1 Å². The number of terminal acetylenes is 1. The van der Waals surface area contributed by atoms with E-state index in [1.807, 2.05) is 32.9 Å². The van der Waals surface area contributed by atoms with Crippen molar-refractivity contribution in [2.24, 2.45) is 0 Å². The number of carbonyl (C=O) groups excluding carboxylic acids is 2. The van der Waals surface area contributed by atoms with Crippen LogP contribution in [0.3, 0.4) is 0 Å². The molecular formula is C23H25ClN2O3. The van der Waals surface area contributed by atoms with Crippen molar-refractivity contribution in [2.75, 3.05) is 25.1 Å². The summed E-state index contributed by atoms with van der Waals surface area (Å²) in [5.74, 6) is 2.66. The van der Waals surface area contributed by atoms with E-state index < -0.39 is 0 Å². The first kappa shape index (κ1) is 22.3. The summed E-state index contributed by atoms with van der Waals surface area (Å²) in [7, 11) is 1.52. The number of hydrogen-bond acceptors (Lipinski definition) is 3. The van der Waals surface area contributed by atoms with Gasteiger partial charge in [0.25, 0.3) is 5.91 Å². The van der Waals surface area contributed by atoms with Crippen molar-refractivity contribution in [3.05, 3.63) is 58.1 Å². The molecule has 0 fully saturated rings. The molecule has 0 aliphatic heterocycles. The summed E-state index contributed by atoms with van der Waals surface area (Å²) in [4.78, 5) is 26.3. The summed E-state index contributed by atoms with van der Waals surface area (Å²) in [6, 6.07) is 10.6. The van der Waals surface area contributed by atoms with Gasteiger partial charge in [0.15, 0.2) is 6.61 Å². The zero-order valence-corrected chi connectivity index (χ0v) is 17.8. The molecule has 0 bridgehead atoms. The molecule has 0 spiro atoms. The highest BCUT2D eigenvalue weighted by Gasteiger charge is 2.21. The fraction of sp³-hybridized carbons (Fsp3) is 0.304. The van der Waals surface area contributed by atoms with Crippen LogP contribution in [0.25, 0.3) is 0 Å². The molecular weight excluding hydrogens is 388 g/mol. The predicted molar refractivity (Wildman–Crippen MR) is 117 cm³/mol. The Bertz CT molecular complexity index is 948. The lowest BCUT2D eigenvalue weighted by Gasteiger charge is -2.23. The molecule has 0 atom stereocenters. The molecule has 0 saturated heterocycles. The molecule has 0 aliphatic rings. The molecule has 0 aliphatic carbocycles. The third-order valence-corrected chi connectivity index (χ3v) is 4.88. The van der Waals surface area contributed by atoms with Gasteiger partial charge in [0.2, 0.25) is 5.91 Å². The van der Waals surface area contributed by atoms with Crippen LogP contribution >= 0.6 is 11.6 Å². The number of ether oxygens (including phenoxy) is 1. The molecule has 152 valence electrons. The molecule has 2 aromatic carbocycles. The first-order valence-corrected chi connectivity index (χ1v) is 9.65. The molecule has 0 saturated carbocycles. The maximum absolute atomic E-state index is 12.9. The number of aryl methyl sites for hydroxylation is 1. The number of carbonyl (C=O) groups is 2. The average molecular weight is 413 g/mol. The topological polar surface area (TPSA) is 58.6 Å². The van der Waals surface area contributed by atoms with Crippen LogP contribution in [0.15, 0.2) is 36.4 Å². The minimum absolute atomic E-state index is 0.136. The van der Waals surface area contributed by atoms with Gasteiger partial charge >= 0.3 is 0 Å². The summed E-state index contributed by atoms with van der Waals surface area (Å²) in [6.07, 6.45) is 5.46. The van der Waals surface area contributed by atoms with E-state index in [4.69, 9.17) is 22.8 Å². The van der Waals surface area contributed by atoms with Gasteiger partial charge in [-0.15, -0.1) is 6.42 Å². The van der Waals surface area contributed by atoms with Gasteiger partial charge in [-0.2, -0.15) is 0 Å². The van der Waals surface area contributed by atoms with Crippen molar-refractivity contribution in [2.45, 2.75) is 26.7 Å². The zero-order chi connectivity index (χ0) is 21.6. The molecule has 0 heterocycles. The van der Waals surface area contributed by atoms with Gasteiger partial charge in [-0.1, -0.05) is 37.4 Å². The number of rotatable bonds is 7. The van der Waals surface area contributed by atoms with Crippen LogP contribution in [-0.2, 0) is 9.59 Å². The molecule has 1 N–H and O–H groups in total. The molecule has 29 heavy (non-hydrogen) atoms.